The number of likely N-dealkylation sites (N-methyl/N-ethyl adjacent to an activating group) is 1. The third-order valence-corrected chi connectivity index (χ3v) is 3.28. The molecule has 0 heterocycles. The van der Waals surface area contributed by atoms with E-state index >= 15 is 0 Å². The molecule has 1 aromatic rings. The zero-order valence-corrected chi connectivity index (χ0v) is 13.3. The van der Waals surface area contributed by atoms with Gasteiger partial charge in [0.05, 0.1) is 19.8 Å². The van der Waals surface area contributed by atoms with E-state index in [9.17, 15) is 4.79 Å². The highest BCUT2D eigenvalue weighted by Crippen LogP contribution is 2.19. The van der Waals surface area contributed by atoms with E-state index in [1.807, 2.05) is 38.1 Å². The molecule has 0 amide bonds. The molecule has 21 heavy (non-hydrogen) atoms. The van der Waals surface area contributed by atoms with Gasteiger partial charge in [0.1, 0.15) is 17.0 Å². The van der Waals surface area contributed by atoms with Crippen molar-refractivity contribution >= 4 is 5.97 Å². The smallest absolute Gasteiger partial charge is 0.326 e. The highest BCUT2D eigenvalue weighted by molar-refractivity contribution is 5.80. The van der Waals surface area contributed by atoms with Crippen LogP contribution in [-0.4, -0.2) is 38.4 Å². The molecule has 1 N–H and O–H groups in total. The van der Waals surface area contributed by atoms with Gasteiger partial charge in [-0.2, -0.15) is 0 Å². The fraction of sp³-hybridized carbons (Fsp3) is 0.562. The van der Waals surface area contributed by atoms with Crippen LogP contribution >= 0.6 is 0 Å². The van der Waals surface area contributed by atoms with Gasteiger partial charge in [0.2, 0.25) is 0 Å². The number of carbonyl (C=O) groups excluding carboxylic acids is 1. The third kappa shape index (κ3) is 5.27. The molecule has 0 aromatic heterocycles. The van der Waals surface area contributed by atoms with Gasteiger partial charge in [-0.25, -0.2) is 0 Å². The lowest BCUT2D eigenvalue weighted by Crippen LogP contribution is -2.49. The molecule has 5 heteroatoms. The maximum Gasteiger partial charge on any atom is 0.326 e. The van der Waals surface area contributed by atoms with Gasteiger partial charge in [-0.3, -0.25) is 4.79 Å². The molecule has 0 aliphatic heterocycles. The average molecular weight is 295 g/mol. The fourth-order valence-corrected chi connectivity index (χ4v) is 1.79. The maximum atomic E-state index is 11.9. The summed E-state index contributed by atoms with van der Waals surface area (Å²) in [5.41, 5.74) is -0.735. The molecule has 1 rings (SSSR count). The molecule has 1 atom stereocenters. The number of esters is 1. The molecule has 0 aliphatic carbocycles. The number of hydrogen-bond donors (Lipinski definition) is 1. The number of rotatable bonds is 9. The molecular formula is C16H25NO4. The SMILES string of the molecule is CCOC(=O)C(C)(CCOc1ccc(OCC)cc1)NC. The number of hydrogen-bond acceptors (Lipinski definition) is 5. The number of nitrogens with one attached hydrogen (secondary N) is 1. The van der Waals surface area contributed by atoms with E-state index in [1.54, 1.807) is 14.0 Å². The summed E-state index contributed by atoms with van der Waals surface area (Å²) < 4.78 is 16.1. The van der Waals surface area contributed by atoms with Crippen molar-refractivity contribution in [2.75, 3.05) is 26.9 Å². The Morgan fingerprint density at radius 2 is 1.67 bits per heavy atom. The van der Waals surface area contributed by atoms with Crippen molar-refractivity contribution in [3.8, 4) is 11.5 Å². The van der Waals surface area contributed by atoms with Crippen molar-refractivity contribution in [1.29, 1.82) is 0 Å². The molecule has 5 nitrogen and oxygen atoms in total. The predicted octanol–water partition coefficient (Wildman–Crippen LogP) is 2.40. The summed E-state index contributed by atoms with van der Waals surface area (Å²) in [6.07, 6.45) is 0.523. The Morgan fingerprint density at radius 3 is 2.14 bits per heavy atom. The highest BCUT2D eigenvalue weighted by atomic mass is 16.5. The molecule has 1 aromatic carbocycles. The van der Waals surface area contributed by atoms with Gasteiger partial charge in [-0.1, -0.05) is 0 Å². The zero-order valence-electron chi connectivity index (χ0n) is 13.3. The maximum absolute atomic E-state index is 11.9. The van der Waals surface area contributed by atoms with E-state index in [0.717, 1.165) is 11.5 Å². The topological polar surface area (TPSA) is 56.8 Å². The summed E-state index contributed by atoms with van der Waals surface area (Å²) in [7, 11) is 1.74. The Balaban J connectivity index is 2.48. The lowest BCUT2D eigenvalue weighted by molar-refractivity contribution is -0.150. The van der Waals surface area contributed by atoms with Crippen LogP contribution < -0.4 is 14.8 Å². The van der Waals surface area contributed by atoms with Crippen molar-refractivity contribution in [3.05, 3.63) is 24.3 Å². The molecule has 0 spiro atoms. The Morgan fingerprint density at radius 1 is 1.10 bits per heavy atom. The van der Waals surface area contributed by atoms with E-state index in [0.29, 0.717) is 26.2 Å². The monoisotopic (exact) mass is 295 g/mol. The van der Waals surface area contributed by atoms with Gasteiger partial charge < -0.3 is 19.5 Å². The third-order valence-electron chi connectivity index (χ3n) is 3.28. The summed E-state index contributed by atoms with van der Waals surface area (Å²) in [6.45, 7) is 6.98. The second-order valence-electron chi connectivity index (χ2n) is 4.81. The lowest BCUT2D eigenvalue weighted by Gasteiger charge is -2.26. The number of benzene rings is 1. The summed E-state index contributed by atoms with van der Waals surface area (Å²) >= 11 is 0. The van der Waals surface area contributed by atoms with Crippen LogP contribution in [-0.2, 0) is 9.53 Å². The van der Waals surface area contributed by atoms with Crippen LogP contribution in [0.4, 0.5) is 0 Å². The first-order valence-corrected chi connectivity index (χ1v) is 7.27. The molecule has 0 radical (unpaired) electrons. The van der Waals surface area contributed by atoms with Crippen molar-refractivity contribution in [2.45, 2.75) is 32.7 Å². The second-order valence-corrected chi connectivity index (χ2v) is 4.81. The van der Waals surface area contributed by atoms with Gasteiger partial charge in [0.15, 0.2) is 0 Å². The number of ether oxygens (including phenoxy) is 3. The van der Waals surface area contributed by atoms with Crippen LogP contribution in [0.15, 0.2) is 24.3 Å². The quantitative estimate of drug-likeness (QED) is 0.709. The first-order valence-electron chi connectivity index (χ1n) is 7.27. The Kier molecular flexibility index (Phi) is 7.02. The van der Waals surface area contributed by atoms with Crippen LogP contribution in [0.3, 0.4) is 0 Å². The van der Waals surface area contributed by atoms with E-state index in [2.05, 4.69) is 5.32 Å². The molecule has 118 valence electrons. The first-order chi connectivity index (χ1) is 10.1. The Hall–Kier alpha value is -1.75. The van der Waals surface area contributed by atoms with Gasteiger partial charge in [-0.15, -0.1) is 0 Å². The van der Waals surface area contributed by atoms with Gasteiger partial charge in [0, 0.05) is 6.42 Å². The minimum absolute atomic E-state index is 0.261. The predicted molar refractivity (Wildman–Crippen MR) is 81.8 cm³/mol. The molecule has 0 fully saturated rings. The minimum atomic E-state index is -0.735. The summed E-state index contributed by atoms with van der Waals surface area (Å²) in [5.74, 6) is 1.31. The largest absolute Gasteiger partial charge is 0.494 e. The van der Waals surface area contributed by atoms with E-state index in [1.165, 1.54) is 0 Å². The minimum Gasteiger partial charge on any atom is -0.494 e. The first kappa shape index (κ1) is 17.3. The number of carbonyl (C=O) groups is 1. The van der Waals surface area contributed by atoms with E-state index in [-0.39, 0.29) is 5.97 Å². The molecule has 1 unspecified atom stereocenters. The lowest BCUT2D eigenvalue weighted by atomic mass is 9.99. The standard InChI is InChI=1S/C16H25NO4/c1-5-19-13-7-9-14(10-8-13)21-12-11-16(3,17-4)15(18)20-6-2/h7-10,17H,5-6,11-12H2,1-4H3. The fourth-order valence-electron chi connectivity index (χ4n) is 1.79. The van der Waals surface area contributed by atoms with Crippen molar-refractivity contribution < 1.29 is 19.0 Å². The van der Waals surface area contributed by atoms with Crippen LogP contribution in [0.2, 0.25) is 0 Å². The highest BCUT2D eigenvalue weighted by Gasteiger charge is 2.32. The molecule has 0 bridgehead atoms. The van der Waals surface area contributed by atoms with Crippen LogP contribution in [0.25, 0.3) is 0 Å². The molecular weight excluding hydrogens is 270 g/mol. The molecule has 0 saturated carbocycles. The normalized spacial score (nSPS) is 13.3. The van der Waals surface area contributed by atoms with Crippen molar-refractivity contribution in [1.82, 2.24) is 5.32 Å². The van der Waals surface area contributed by atoms with Gasteiger partial charge >= 0.3 is 5.97 Å². The average Bonchev–Trinajstić information content (AvgIpc) is 2.49. The van der Waals surface area contributed by atoms with E-state index in [4.69, 9.17) is 14.2 Å². The molecule has 0 aliphatic rings. The summed E-state index contributed by atoms with van der Waals surface area (Å²) in [5, 5.41) is 3.00. The Labute approximate surface area is 126 Å². The van der Waals surface area contributed by atoms with Gasteiger partial charge in [-0.05, 0) is 52.1 Å². The summed E-state index contributed by atoms with van der Waals surface area (Å²) in [6, 6.07) is 7.43. The van der Waals surface area contributed by atoms with Crippen molar-refractivity contribution in [3.63, 3.8) is 0 Å². The van der Waals surface area contributed by atoms with Gasteiger partial charge in [0.25, 0.3) is 0 Å². The van der Waals surface area contributed by atoms with E-state index < -0.39 is 5.54 Å². The second kappa shape index (κ2) is 8.52. The molecule has 0 saturated heterocycles. The zero-order chi connectivity index (χ0) is 15.7. The Bertz CT molecular complexity index is 432. The van der Waals surface area contributed by atoms with Crippen LogP contribution in [0.1, 0.15) is 27.2 Å². The van der Waals surface area contributed by atoms with Crippen molar-refractivity contribution in [2.24, 2.45) is 0 Å². The van der Waals surface area contributed by atoms with Crippen LogP contribution in [0.5, 0.6) is 11.5 Å². The summed E-state index contributed by atoms with van der Waals surface area (Å²) in [4.78, 5) is 11.9. The van der Waals surface area contributed by atoms with Crippen LogP contribution in [0, 0.1) is 0 Å².